The van der Waals surface area contributed by atoms with E-state index < -0.39 is 0 Å². The summed E-state index contributed by atoms with van der Waals surface area (Å²) in [5.41, 5.74) is 3.36. The van der Waals surface area contributed by atoms with E-state index in [0.29, 0.717) is 6.04 Å². The Morgan fingerprint density at radius 1 is 0.923 bits per heavy atom. The third kappa shape index (κ3) is 4.26. The van der Waals surface area contributed by atoms with Gasteiger partial charge in [-0.1, -0.05) is 12.8 Å². The number of aromatic nitrogens is 2. The third-order valence-electron chi connectivity index (χ3n) is 5.40. The largest absolute Gasteiger partial charge is 0.372 e. The molecule has 1 saturated heterocycles. The van der Waals surface area contributed by atoms with Crippen molar-refractivity contribution in [2.24, 2.45) is 0 Å². The molecule has 2 aliphatic rings. The smallest absolute Gasteiger partial charge is 0.225 e. The lowest BCUT2D eigenvalue weighted by Crippen LogP contribution is -2.29. The van der Waals surface area contributed by atoms with E-state index in [1.54, 1.807) is 0 Å². The van der Waals surface area contributed by atoms with Gasteiger partial charge in [0.25, 0.3) is 0 Å². The molecule has 2 aromatic rings. The van der Waals surface area contributed by atoms with Crippen LogP contribution < -0.4 is 15.5 Å². The Morgan fingerprint density at radius 2 is 1.65 bits per heavy atom. The summed E-state index contributed by atoms with van der Waals surface area (Å²) >= 11 is 0. The summed E-state index contributed by atoms with van der Waals surface area (Å²) in [6, 6.07) is 11.2. The van der Waals surface area contributed by atoms with Crippen LogP contribution in [0.4, 0.5) is 23.1 Å². The zero-order valence-corrected chi connectivity index (χ0v) is 15.7. The molecule has 1 aliphatic heterocycles. The van der Waals surface area contributed by atoms with Crippen molar-refractivity contribution in [3.05, 3.63) is 36.0 Å². The highest BCUT2D eigenvalue weighted by molar-refractivity contribution is 5.61. The second kappa shape index (κ2) is 7.94. The molecule has 2 fully saturated rings. The third-order valence-corrected chi connectivity index (χ3v) is 5.40. The maximum atomic E-state index is 4.66. The van der Waals surface area contributed by atoms with Crippen LogP contribution in [0.15, 0.2) is 30.3 Å². The molecule has 0 amide bonds. The summed E-state index contributed by atoms with van der Waals surface area (Å²) in [4.78, 5) is 11.7. The van der Waals surface area contributed by atoms with Gasteiger partial charge in [-0.05, 0) is 63.3 Å². The summed E-state index contributed by atoms with van der Waals surface area (Å²) in [5, 5.41) is 6.92. The molecule has 1 aliphatic carbocycles. The van der Waals surface area contributed by atoms with Crippen molar-refractivity contribution in [3.63, 3.8) is 0 Å². The lowest BCUT2D eigenvalue weighted by molar-refractivity contribution is 0.578. The summed E-state index contributed by atoms with van der Waals surface area (Å²) in [7, 11) is 0. The first-order chi connectivity index (χ1) is 12.8. The first kappa shape index (κ1) is 17.1. The van der Waals surface area contributed by atoms with Crippen LogP contribution in [0, 0.1) is 6.92 Å². The van der Waals surface area contributed by atoms with Crippen molar-refractivity contribution >= 4 is 23.1 Å². The molecule has 0 spiro atoms. The molecule has 5 heteroatoms. The zero-order valence-electron chi connectivity index (χ0n) is 15.7. The van der Waals surface area contributed by atoms with Crippen molar-refractivity contribution in [2.45, 2.75) is 57.9 Å². The highest BCUT2D eigenvalue weighted by atomic mass is 15.2. The summed E-state index contributed by atoms with van der Waals surface area (Å²) in [5.74, 6) is 1.59. The van der Waals surface area contributed by atoms with Gasteiger partial charge < -0.3 is 15.5 Å². The molecular formula is C21H29N5. The van der Waals surface area contributed by atoms with Gasteiger partial charge in [0.2, 0.25) is 5.95 Å². The van der Waals surface area contributed by atoms with Gasteiger partial charge in [0.15, 0.2) is 0 Å². The molecule has 4 rings (SSSR count). The molecule has 1 aromatic heterocycles. The predicted octanol–water partition coefficient (Wildman–Crippen LogP) is 4.87. The fraction of sp³-hybridized carbons (Fsp3) is 0.524. The van der Waals surface area contributed by atoms with Crippen molar-refractivity contribution in [1.82, 2.24) is 9.97 Å². The molecule has 0 bridgehead atoms. The SMILES string of the molecule is Cc1cc(Nc2ccc(N3CCCCC3)cc2)nc(NC2CCCC2)n1. The van der Waals surface area contributed by atoms with Gasteiger partial charge in [-0.15, -0.1) is 0 Å². The zero-order chi connectivity index (χ0) is 17.8. The highest BCUT2D eigenvalue weighted by Gasteiger charge is 2.16. The van der Waals surface area contributed by atoms with Gasteiger partial charge in [-0.2, -0.15) is 4.98 Å². The van der Waals surface area contributed by atoms with Crippen LogP contribution in [0.3, 0.4) is 0 Å². The lowest BCUT2D eigenvalue weighted by Gasteiger charge is -2.28. The van der Waals surface area contributed by atoms with Crippen LogP contribution in [0.2, 0.25) is 0 Å². The quantitative estimate of drug-likeness (QED) is 0.804. The minimum absolute atomic E-state index is 0.522. The molecule has 5 nitrogen and oxygen atoms in total. The first-order valence-electron chi connectivity index (χ1n) is 10.0. The molecule has 2 heterocycles. The van der Waals surface area contributed by atoms with Crippen LogP contribution in [-0.4, -0.2) is 29.1 Å². The van der Waals surface area contributed by atoms with Gasteiger partial charge in [0.1, 0.15) is 5.82 Å². The number of hydrogen-bond acceptors (Lipinski definition) is 5. The number of nitrogens with one attached hydrogen (secondary N) is 2. The molecular weight excluding hydrogens is 322 g/mol. The molecule has 1 saturated carbocycles. The van der Waals surface area contributed by atoms with E-state index in [4.69, 9.17) is 0 Å². The van der Waals surface area contributed by atoms with E-state index in [9.17, 15) is 0 Å². The number of rotatable bonds is 5. The van der Waals surface area contributed by atoms with Crippen LogP contribution in [0.25, 0.3) is 0 Å². The topological polar surface area (TPSA) is 53.1 Å². The van der Waals surface area contributed by atoms with Gasteiger partial charge in [0, 0.05) is 42.3 Å². The van der Waals surface area contributed by atoms with Gasteiger partial charge in [-0.3, -0.25) is 0 Å². The van der Waals surface area contributed by atoms with Crippen molar-refractivity contribution in [1.29, 1.82) is 0 Å². The summed E-state index contributed by atoms with van der Waals surface area (Å²) in [6.07, 6.45) is 9.01. The van der Waals surface area contributed by atoms with Gasteiger partial charge in [-0.25, -0.2) is 4.98 Å². The van der Waals surface area contributed by atoms with Crippen molar-refractivity contribution in [3.8, 4) is 0 Å². The van der Waals surface area contributed by atoms with Crippen molar-refractivity contribution in [2.75, 3.05) is 28.6 Å². The minimum Gasteiger partial charge on any atom is -0.372 e. The normalized spacial score (nSPS) is 18.1. The molecule has 1 aromatic carbocycles. The number of nitrogens with zero attached hydrogens (tertiary/aromatic N) is 3. The Labute approximate surface area is 156 Å². The fourth-order valence-corrected chi connectivity index (χ4v) is 4.01. The van der Waals surface area contributed by atoms with Crippen molar-refractivity contribution < 1.29 is 0 Å². The van der Waals surface area contributed by atoms with E-state index in [-0.39, 0.29) is 0 Å². The molecule has 2 N–H and O–H groups in total. The van der Waals surface area contributed by atoms with Crippen LogP contribution in [0.5, 0.6) is 0 Å². The van der Waals surface area contributed by atoms with E-state index >= 15 is 0 Å². The highest BCUT2D eigenvalue weighted by Crippen LogP contribution is 2.25. The van der Waals surface area contributed by atoms with Crippen LogP contribution >= 0.6 is 0 Å². The molecule has 26 heavy (non-hydrogen) atoms. The molecule has 0 unspecified atom stereocenters. The predicted molar refractivity (Wildman–Crippen MR) is 108 cm³/mol. The maximum Gasteiger partial charge on any atom is 0.225 e. The first-order valence-corrected chi connectivity index (χ1v) is 10.0. The Hall–Kier alpha value is -2.30. The number of anilines is 4. The van der Waals surface area contributed by atoms with E-state index in [1.165, 1.54) is 63.7 Å². The Morgan fingerprint density at radius 3 is 2.38 bits per heavy atom. The lowest BCUT2D eigenvalue weighted by atomic mass is 10.1. The number of aryl methyl sites for hydroxylation is 1. The summed E-state index contributed by atoms with van der Waals surface area (Å²) in [6.45, 7) is 4.37. The average Bonchev–Trinajstić information content (AvgIpc) is 3.15. The standard InChI is InChI=1S/C21H29N5/c1-16-15-20(25-21(22-16)24-17-7-3-4-8-17)23-18-9-11-19(12-10-18)26-13-5-2-6-14-26/h9-12,15,17H,2-8,13-14H2,1H3,(H2,22,23,24,25). The second-order valence-electron chi connectivity index (χ2n) is 7.56. The fourth-order valence-electron chi connectivity index (χ4n) is 4.01. The molecule has 0 atom stereocenters. The van der Waals surface area contributed by atoms with E-state index in [2.05, 4.69) is 49.8 Å². The molecule has 0 radical (unpaired) electrons. The minimum atomic E-state index is 0.522. The number of piperidine rings is 1. The second-order valence-corrected chi connectivity index (χ2v) is 7.56. The maximum absolute atomic E-state index is 4.66. The molecule has 138 valence electrons. The number of benzene rings is 1. The van der Waals surface area contributed by atoms with Crippen LogP contribution in [-0.2, 0) is 0 Å². The monoisotopic (exact) mass is 351 g/mol. The van der Waals surface area contributed by atoms with Gasteiger partial charge in [0.05, 0.1) is 0 Å². The van der Waals surface area contributed by atoms with Crippen LogP contribution in [0.1, 0.15) is 50.6 Å². The summed E-state index contributed by atoms with van der Waals surface area (Å²) < 4.78 is 0. The van der Waals surface area contributed by atoms with E-state index in [0.717, 1.165) is 23.1 Å². The Balaban J connectivity index is 1.43. The number of hydrogen-bond donors (Lipinski definition) is 2. The van der Waals surface area contributed by atoms with Gasteiger partial charge >= 0.3 is 0 Å². The van der Waals surface area contributed by atoms with E-state index in [1.807, 2.05) is 13.0 Å². The average molecular weight is 351 g/mol. The Kier molecular flexibility index (Phi) is 5.23. The Bertz CT molecular complexity index is 716.